The number of amidine groups is 1. The summed E-state index contributed by atoms with van der Waals surface area (Å²) in [6.45, 7) is 2.25. The highest BCUT2D eigenvalue weighted by Crippen LogP contribution is 2.59. The highest BCUT2D eigenvalue weighted by atomic mass is 32.1. The fraction of sp³-hybridized carbons (Fsp3) is 0.500. The summed E-state index contributed by atoms with van der Waals surface area (Å²) >= 11 is 1.43. The van der Waals surface area contributed by atoms with E-state index in [9.17, 15) is 14.4 Å². The van der Waals surface area contributed by atoms with Gasteiger partial charge in [0.1, 0.15) is 17.6 Å². The molecular weight excluding hydrogens is 502 g/mol. The molecule has 38 heavy (non-hydrogen) atoms. The maximum absolute atomic E-state index is 13.2. The first kappa shape index (κ1) is 26.2. The SMILES string of the molecule is C[C@@]12C[C@@H]1N(C(=O)CNC(=O)c1ccc(OC3CCCCC3)cc1)[C@H](C(=O)NCc1cc(C(=N)N)cs1)C2. The zero-order chi connectivity index (χ0) is 26.9. The van der Waals surface area contributed by atoms with E-state index in [2.05, 4.69) is 17.6 Å². The standard InChI is InChI=1S/C28H35N5O4S/c1-28-12-22(27(36)31-14-21-11-18(16-38-21)25(29)30)33(23(28)13-28)24(34)15-32-26(35)17-7-9-20(10-8-17)37-19-5-3-2-4-6-19/h7-11,16,19,22-23H,2-6,12-15H2,1H3,(H3,29,30)(H,31,36)(H,32,35)/t22-,23-,28+/m0/s1. The lowest BCUT2D eigenvalue weighted by atomic mass is 9.98. The van der Waals surface area contributed by atoms with Gasteiger partial charge in [-0.2, -0.15) is 0 Å². The molecule has 1 aromatic heterocycles. The van der Waals surface area contributed by atoms with Crippen molar-refractivity contribution in [2.45, 2.75) is 76.6 Å². The van der Waals surface area contributed by atoms with Gasteiger partial charge in [-0.05, 0) is 74.3 Å². The Morgan fingerprint density at radius 3 is 2.53 bits per heavy atom. The molecule has 0 bridgehead atoms. The number of carbonyl (C=O) groups excluding carboxylic acids is 3. The monoisotopic (exact) mass is 537 g/mol. The molecule has 1 aromatic carbocycles. The molecule has 3 atom stereocenters. The van der Waals surface area contributed by atoms with Crippen LogP contribution in [0.5, 0.6) is 5.75 Å². The molecule has 2 heterocycles. The van der Waals surface area contributed by atoms with Crippen molar-refractivity contribution < 1.29 is 19.1 Å². The van der Waals surface area contributed by atoms with Crippen molar-refractivity contribution in [2.24, 2.45) is 11.1 Å². The minimum absolute atomic E-state index is 0.00910. The van der Waals surface area contributed by atoms with Crippen LogP contribution in [0, 0.1) is 10.8 Å². The second kappa shape index (κ2) is 10.8. The van der Waals surface area contributed by atoms with Gasteiger partial charge in [0.15, 0.2) is 0 Å². The summed E-state index contributed by atoms with van der Waals surface area (Å²) in [5, 5.41) is 15.0. The molecule has 1 aliphatic heterocycles. The lowest BCUT2D eigenvalue weighted by molar-refractivity contribution is -0.139. The molecule has 5 N–H and O–H groups in total. The fourth-order valence-corrected chi connectivity index (χ4v) is 6.50. The second-order valence-corrected chi connectivity index (χ2v) is 11.9. The third-order valence-electron chi connectivity index (χ3n) is 8.00. The first-order valence-corrected chi connectivity index (χ1v) is 14.2. The van der Waals surface area contributed by atoms with E-state index in [0.717, 1.165) is 29.9 Å². The minimum Gasteiger partial charge on any atom is -0.490 e. The second-order valence-electron chi connectivity index (χ2n) is 10.9. The van der Waals surface area contributed by atoms with Crippen LogP contribution in [0.4, 0.5) is 0 Å². The number of carbonyl (C=O) groups is 3. The molecule has 0 radical (unpaired) electrons. The fourth-order valence-electron chi connectivity index (χ4n) is 5.68. The molecule has 2 aliphatic carbocycles. The molecule has 9 nitrogen and oxygen atoms in total. The maximum Gasteiger partial charge on any atom is 0.251 e. The number of hydrogen-bond acceptors (Lipinski definition) is 6. The van der Waals surface area contributed by atoms with Crippen LogP contribution in [0.1, 0.15) is 72.7 Å². The molecule has 2 saturated carbocycles. The number of nitrogens with zero attached hydrogens (tertiary/aromatic N) is 1. The number of nitrogen functional groups attached to an aromatic ring is 1. The van der Waals surface area contributed by atoms with E-state index in [1.54, 1.807) is 40.6 Å². The number of rotatable bonds is 9. The quantitative estimate of drug-likeness (QED) is 0.288. The Hall–Kier alpha value is -3.40. The summed E-state index contributed by atoms with van der Waals surface area (Å²) in [6, 6.07) is 8.27. The highest BCUT2D eigenvalue weighted by molar-refractivity contribution is 7.10. The number of nitrogens with two attached hydrogens (primary N) is 1. The van der Waals surface area contributed by atoms with E-state index in [1.807, 2.05) is 0 Å². The van der Waals surface area contributed by atoms with E-state index in [0.29, 0.717) is 24.1 Å². The molecular formula is C28H35N5O4S. The molecule has 202 valence electrons. The summed E-state index contributed by atoms with van der Waals surface area (Å²) in [7, 11) is 0. The number of piperidine rings is 1. The smallest absolute Gasteiger partial charge is 0.251 e. The van der Waals surface area contributed by atoms with E-state index >= 15 is 0 Å². The average Bonchev–Trinajstić information content (AvgIpc) is 3.23. The third kappa shape index (κ3) is 5.70. The van der Waals surface area contributed by atoms with Gasteiger partial charge in [0.05, 0.1) is 19.2 Å². The van der Waals surface area contributed by atoms with Crippen LogP contribution >= 0.6 is 11.3 Å². The third-order valence-corrected chi connectivity index (χ3v) is 8.94. The number of ether oxygens (including phenoxy) is 1. The normalized spacial score (nSPS) is 24.4. The number of likely N-dealkylation sites (tertiary alicyclic amines) is 1. The Kier molecular flexibility index (Phi) is 7.43. The molecule has 0 spiro atoms. The van der Waals surface area contributed by atoms with Gasteiger partial charge in [0.25, 0.3) is 5.91 Å². The van der Waals surface area contributed by atoms with Gasteiger partial charge in [-0.3, -0.25) is 19.8 Å². The van der Waals surface area contributed by atoms with Crippen LogP contribution in [0.2, 0.25) is 0 Å². The van der Waals surface area contributed by atoms with Crippen molar-refractivity contribution in [1.82, 2.24) is 15.5 Å². The Morgan fingerprint density at radius 1 is 1.11 bits per heavy atom. The van der Waals surface area contributed by atoms with Gasteiger partial charge in [0, 0.05) is 27.4 Å². The van der Waals surface area contributed by atoms with Crippen molar-refractivity contribution in [3.63, 3.8) is 0 Å². The molecule has 10 heteroatoms. The molecule has 3 aliphatic rings. The molecule has 1 saturated heterocycles. The Morgan fingerprint density at radius 2 is 1.84 bits per heavy atom. The van der Waals surface area contributed by atoms with Gasteiger partial charge < -0.3 is 26.0 Å². The molecule has 0 unspecified atom stereocenters. The molecule has 5 rings (SSSR count). The Labute approximate surface area is 226 Å². The van der Waals surface area contributed by atoms with Crippen LogP contribution in [-0.4, -0.2) is 53.2 Å². The van der Waals surface area contributed by atoms with Crippen molar-refractivity contribution in [2.75, 3.05) is 6.54 Å². The van der Waals surface area contributed by atoms with Gasteiger partial charge >= 0.3 is 0 Å². The number of hydrogen-bond donors (Lipinski definition) is 4. The number of nitrogens with one attached hydrogen (secondary N) is 3. The predicted octanol–water partition coefficient (Wildman–Crippen LogP) is 3.17. The summed E-state index contributed by atoms with van der Waals surface area (Å²) in [5.74, 6) is -0.0459. The zero-order valence-electron chi connectivity index (χ0n) is 21.6. The van der Waals surface area contributed by atoms with Crippen molar-refractivity contribution >= 4 is 34.9 Å². The van der Waals surface area contributed by atoms with E-state index in [1.165, 1.54) is 30.6 Å². The topological polar surface area (TPSA) is 138 Å². The zero-order valence-corrected chi connectivity index (χ0v) is 22.4. The van der Waals surface area contributed by atoms with Crippen molar-refractivity contribution in [3.05, 3.63) is 51.7 Å². The van der Waals surface area contributed by atoms with Gasteiger partial charge in [0.2, 0.25) is 11.8 Å². The Balaban J connectivity index is 1.14. The molecule has 3 fully saturated rings. The van der Waals surface area contributed by atoms with Gasteiger partial charge in [-0.1, -0.05) is 13.3 Å². The first-order chi connectivity index (χ1) is 18.2. The van der Waals surface area contributed by atoms with Crippen LogP contribution < -0.4 is 21.1 Å². The minimum atomic E-state index is -0.563. The van der Waals surface area contributed by atoms with E-state index in [-0.39, 0.29) is 47.7 Å². The van der Waals surface area contributed by atoms with Crippen molar-refractivity contribution in [3.8, 4) is 5.75 Å². The number of amides is 3. The van der Waals surface area contributed by atoms with Crippen molar-refractivity contribution in [1.29, 1.82) is 5.41 Å². The van der Waals surface area contributed by atoms with Crippen LogP contribution in [0.25, 0.3) is 0 Å². The summed E-state index contributed by atoms with van der Waals surface area (Å²) in [4.78, 5) is 41.5. The summed E-state index contributed by atoms with van der Waals surface area (Å²) in [5.41, 5.74) is 6.56. The van der Waals surface area contributed by atoms with E-state index in [4.69, 9.17) is 15.9 Å². The molecule has 2 aromatic rings. The largest absolute Gasteiger partial charge is 0.490 e. The maximum atomic E-state index is 13.2. The first-order valence-electron chi connectivity index (χ1n) is 13.3. The summed E-state index contributed by atoms with van der Waals surface area (Å²) < 4.78 is 6.03. The average molecular weight is 538 g/mol. The lowest BCUT2D eigenvalue weighted by Gasteiger charge is -2.27. The predicted molar refractivity (Wildman–Crippen MR) is 145 cm³/mol. The van der Waals surface area contributed by atoms with Gasteiger partial charge in [-0.25, -0.2) is 0 Å². The van der Waals surface area contributed by atoms with Gasteiger partial charge in [-0.15, -0.1) is 11.3 Å². The van der Waals surface area contributed by atoms with Crippen LogP contribution in [-0.2, 0) is 16.1 Å². The molecule has 3 amide bonds. The van der Waals surface area contributed by atoms with Crippen LogP contribution in [0.3, 0.4) is 0 Å². The van der Waals surface area contributed by atoms with Crippen LogP contribution in [0.15, 0.2) is 35.7 Å². The van der Waals surface area contributed by atoms with E-state index < -0.39 is 6.04 Å². The number of fused-ring (bicyclic) bond motifs is 1. The lowest BCUT2D eigenvalue weighted by Crippen LogP contribution is -2.50. The summed E-state index contributed by atoms with van der Waals surface area (Å²) in [6.07, 6.45) is 7.48. The number of benzene rings is 1. The highest BCUT2D eigenvalue weighted by Gasteiger charge is 2.64. The number of thiophene rings is 1. The Bertz CT molecular complexity index is 1220.